The van der Waals surface area contributed by atoms with Crippen LogP contribution in [0.4, 0.5) is 0 Å². The summed E-state index contributed by atoms with van der Waals surface area (Å²) in [6.45, 7) is 3.97. The number of carbonyl (C=O) groups is 2. The highest BCUT2D eigenvalue weighted by atomic mass is 16.5. The first-order valence-electron chi connectivity index (χ1n) is 10.8. The van der Waals surface area contributed by atoms with Crippen LogP contribution in [0.1, 0.15) is 57.3 Å². The highest BCUT2D eigenvalue weighted by Crippen LogP contribution is 2.35. The maximum atomic E-state index is 12.2. The van der Waals surface area contributed by atoms with Gasteiger partial charge in [-0.25, -0.2) is 0 Å². The van der Waals surface area contributed by atoms with Gasteiger partial charge in [-0.3, -0.25) is 19.5 Å². The van der Waals surface area contributed by atoms with E-state index in [1.54, 1.807) is 19.5 Å². The fourth-order valence-electron chi connectivity index (χ4n) is 4.55. The van der Waals surface area contributed by atoms with Crippen molar-refractivity contribution in [2.75, 3.05) is 20.7 Å². The van der Waals surface area contributed by atoms with E-state index in [1.807, 2.05) is 18.2 Å². The molecule has 0 aliphatic carbocycles. The lowest BCUT2D eigenvalue weighted by Crippen LogP contribution is -2.34. The van der Waals surface area contributed by atoms with E-state index < -0.39 is 0 Å². The zero-order valence-electron chi connectivity index (χ0n) is 19.0. The number of rotatable bonds is 6. The summed E-state index contributed by atoms with van der Waals surface area (Å²) in [6, 6.07) is 14.5. The summed E-state index contributed by atoms with van der Waals surface area (Å²) < 4.78 is 5.44. The van der Waals surface area contributed by atoms with Crippen molar-refractivity contribution in [3.8, 4) is 16.9 Å². The minimum Gasteiger partial charge on any atom is -0.494 e. The average molecular weight is 429 g/mol. The van der Waals surface area contributed by atoms with Crippen LogP contribution < -0.4 is 4.74 Å². The van der Waals surface area contributed by atoms with Gasteiger partial charge in [0.15, 0.2) is 11.6 Å². The smallest absolute Gasteiger partial charge is 0.160 e. The fraction of sp³-hybridized carbons (Fsp3) is 0.296. The van der Waals surface area contributed by atoms with Gasteiger partial charge in [-0.05, 0) is 74.2 Å². The number of benzene rings is 2. The van der Waals surface area contributed by atoms with Gasteiger partial charge in [0.25, 0.3) is 0 Å². The van der Waals surface area contributed by atoms with E-state index in [-0.39, 0.29) is 17.6 Å². The number of hydrogen-bond donors (Lipinski definition) is 0. The number of aromatic nitrogens is 1. The van der Waals surface area contributed by atoms with Gasteiger partial charge in [0.05, 0.1) is 13.3 Å². The van der Waals surface area contributed by atoms with Crippen molar-refractivity contribution in [3.63, 3.8) is 0 Å². The SMILES string of the molecule is COc1cnccc1-c1ccc(CC2c3cc(C(C)=O)c(C(C)=O)cc3CCN2C)cc1. The van der Waals surface area contributed by atoms with Gasteiger partial charge < -0.3 is 4.74 Å². The number of Topliss-reactive ketones (excluding diaryl/α,β-unsaturated/α-hetero) is 2. The molecule has 0 saturated heterocycles. The van der Waals surface area contributed by atoms with Gasteiger partial charge in [0, 0.05) is 35.5 Å². The number of ketones is 2. The van der Waals surface area contributed by atoms with Crippen molar-refractivity contribution in [1.29, 1.82) is 0 Å². The molecular weight excluding hydrogens is 400 g/mol. The summed E-state index contributed by atoms with van der Waals surface area (Å²) in [6.07, 6.45) is 5.19. The van der Waals surface area contributed by atoms with Crippen molar-refractivity contribution in [2.45, 2.75) is 32.7 Å². The molecule has 1 aliphatic heterocycles. The third kappa shape index (κ3) is 4.21. The van der Waals surface area contributed by atoms with Crippen LogP contribution in [0.15, 0.2) is 54.9 Å². The van der Waals surface area contributed by atoms with Gasteiger partial charge in [-0.2, -0.15) is 0 Å². The van der Waals surface area contributed by atoms with Crippen LogP contribution in [0.3, 0.4) is 0 Å². The van der Waals surface area contributed by atoms with Gasteiger partial charge in [-0.1, -0.05) is 24.3 Å². The average Bonchev–Trinajstić information content (AvgIpc) is 2.80. The minimum absolute atomic E-state index is 0.0596. The second-order valence-electron chi connectivity index (χ2n) is 8.43. The molecule has 1 unspecified atom stereocenters. The van der Waals surface area contributed by atoms with Crippen molar-refractivity contribution in [3.05, 3.63) is 82.7 Å². The standard InChI is InChI=1S/C27H28N2O3/c1-17(30)23-14-21-10-12-29(3)26(25(21)15-24(23)18(2)31)13-19-5-7-20(8-6-19)22-9-11-28-16-27(22)32-4/h5-9,11,14-16,26H,10,12-13H2,1-4H3. The second kappa shape index (κ2) is 9.05. The Hall–Kier alpha value is -3.31. The van der Waals surface area contributed by atoms with E-state index in [2.05, 4.69) is 41.2 Å². The van der Waals surface area contributed by atoms with Gasteiger partial charge in [0.1, 0.15) is 5.75 Å². The summed E-state index contributed by atoms with van der Waals surface area (Å²) in [7, 11) is 3.77. The lowest BCUT2D eigenvalue weighted by molar-refractivity contribution is 0.0980. The van der Waals surface area contributed by atoms with Crippen molar-refractivity contribution < 1.29 is 14.3 Å². The van der Waals surface area contributed by atoms with Crippen molar-refractivity contribution in [1.82, 2.24) is 9.88 Å². The van der Waals surface area contributed by atoms with Crippen LogP contribution in [0.5, 0.6) is 5.75 Å². The first-order valence-corrected chi connectivity index (χ1v) is 10.8. The Balaban J connectivity index is 1.66. The Labute approximate surface area is 189 Å². The largest absolute Gasteiger partial charge is 0.494 e. The topological polar surface area (TPSA) is 59.5 Å². The van der Waals surface area contributed by atoms with Crippen LogP contribution >= 0.6 is 0 Å². The molecule has 1 aliphatic rings. The number of hydrogen-bond acceptors (Lipinski definition) is 5. The summed E-state index contributed by atoms with van der Waals surface area (Å²) >= 11 is 0. The Kier molecular flexibility index (Phi) is 6.19. The fourth-order valence-corrected chi connectivity index (χ4v) is 4.55. The van der Waals surface area contributed by atoms with E-state index in [9.17, 15) is 9.59 Å². The Morgan fingerprint density at radius 2 is 1.75 bits per heavy atom. The molecule has 0 fully saturated rings. The molecule has 3 aromatic rings. The van der Waals surface area contributed by atoms with E-state index >= 15 is 0 Å². The summed E-state index contributed by atoms with van der Waals surface area (Å²) in [5.41, 5.74) is 6.68. The van der Waals surface area contributed by atoms with E-state index in [0.29, 0.717) is 11.1 Å². The summed E-state index contributed by atoms with van der Waals surface area (Å²) in [5, 5.41) is 0. The zero-order chi connectivity index (χ0) is 22.8. The third-order valence-corrected chi connectivity index (χ3v) is 6.36. The molecule has 5 heteroatoms. The number of fused-ring (bicyclic) bond motifs is 1. The van der Waals surface area contributed by atoms with Crippen LogP contribution in [0.25, 0.3) is 11.1 Å². The maximum absolute atomic E-state index is 12.2. The Bertz CT molecular complexity index is 1170. The lowest BCUT2D eigenvalue weighted by Gasteiger charge is -2.35. The minimum atomic E-state index is -0.0689. The lowest BCUT2D eigenvalue weighted by atomic mass is 9.84. The molecule has 4 rings (SSSR count). The zero-order valence-corrected chi connectivity index (χ0v) is 19.0. The molecule has 32 heavy (non-hydrogen) atoms. The first-order chi connectivity index (χ1) is 15.4. The molecule has 164 valence electrons. The molecule has 0 bridgehead atoms. The van der Waals surface area contributed by atoms with Crippen LogP contribution in [0.2, 0.25) is 0 Å². The predicted molar refractivity (Wildman–Crippen MR) is 125 cm³/mol. The van der Waals surface area contributed by atoms with Crippen molar-refractivity contribution in [2.24, 2.45) is 0 Å². The number of methoxy groups -OCH3 is 1. The normalized spacial score (nSPS) is 15.8. The van der Waals surface area contributed by atoms with Crippen LogP contribution in [0, 0.1) is 0 Å². The molecule has 0 saturated carbocycles. The monoisotopic (exact) mass is 428 g/mol. The molecule has 0 radical (unpaired) electrons. The second-order valence-corrected chi connectivity index (χ2v) is 8.43. The van der Waals surface area contributed by atoms with Gasteiger partial charge >= 0.3 is 0 Å². The van der Waals surface area contributed by atoms with Gasteiger partial charge in [-0.15, -0.1) is 0 Å². The van der Waals surface area contributed by atoms with E-state index in [4.69, 9.17) is 4.74 Å². The first kappa shape index (κ1) is 21.9. The number of likely N-dealkylation sites (N-methyl/N-ethyl adjacent to an activating group) is 1. The number of pyridine rings is 1. The molecular formula is C27H28N2O3. The van der Waals surface area contributed by atoms with Crippen LogP contribution in [-0.4, -0.2) is 42.2 Å². The quantitative estimate of drug-likeness (QED) is 0.521. The molecule has 2 heterocycles. The summed E-state index contributed by atoms with van der Waals surface area (Å²) in [5.74, 6) is 0.621. The highest BCUT2D eigenvalue weighted by molar-refractivity contribution is 6.07. The highest BCUT2D eigenvalue weighted by Gasteiger charge is 2.27. The number of ether oxygens (including phenoxy) is 1. The molecule has 2 aromatic carbocycles. The number of nitrogens with zero attached hydrogens (tertiary/aromatic N) is 2. The van der Waals surface area contributed by atoms with Crippen molar-refractivity contribution >= 4 is 11.6 Å². The maximum Gasteiger partial charge on any atom is 0.160 e. The van der Waals surface area contributed by atoms with Gasteiger partial charge in [0.2, 0.25) is 0 Å². The molecule has 1 aromatic heterocycles. The molecule has 0 spiro atoms. The Morgan fingerprint density at radius 3 is 2.41 bits per heavy atom. The van der Waals surface area contributed by atoms with Crippen LogP contribution in [-0.2, 0) is 12.8 Å². The van der Waals surface area contributed by atoms with E-state index in [1.165, 1.54) is 25.0 Å². The number of carbonyl (C=O) groups excluding carboxylic acids is 2. The Morgan fingerprint density at radius 1 is 1.06 bits per heavy atom. The molecule has 5 nitrogen and oxygen atoms in total. The molecule has 0 amide bonds. The molecule has 0 N–H and O–H groups in total. The third-order valence-electron chi connectivity index (χ3n) is 6.36. The van der Waals surface area contributed by atoms with E-state index in [0.717, 1.165) is 41.8 Å². The molecule has 1 atom stereocenters. The summed E-state index contributed by atoms with van der Waals surface area (Å²) in [4.78, 5) is 30.8. The predicted octanol–water partition coefficient (Wildman–Crippen LogP) is 4.93.